The van der Waals surface area contributed by atoms with Crippen LogP contribution in [0.15, 0.2) is 53.5 Å². The average Bonchev–Trinajstić information content (AvgIpc) is 3.06. The lowest BCUT2D eigenvalue weighted by molar-refractivity contribution is -0.114. The number of ketones is 1. The molecule has 2 aliphatic rings. The Bertz CT molecular complexity index is 1380. The van der Waals surface area contributed by atoms with Crippen LogP contribution < -0.4 is 9.62 Å². The maximum atomic E-state index is 14.5. The summed E-state index contributed by atoms with van der Waals surface area (Å²) < 4.78 is 55.8. The molecule has 10 heteroatoms. The third kappa shape index (κ3) is 4.88. The summed E-state index contributed by atoms with van der Waals surface area (Å²) in [7, 11) is -4.43. The second kappa shape index (κ2) is 8.99. The maximum Gasteiger partial charge on any atom is 0.268 e. The molecule has 1 saturated heterocycles. The molecule has 7 nitrogen and oxygen atoms in total. The lowest BCUT2D eigenvalue weighted by Gasteiger charge is -2.34. The second-order valence-corrected chi connectivity index (χ2v) is 11.1. The van der Waals surface area contributed by atoms with E-state index in [0.29, 0.717) is 6.54 Å². The maximum absolute atomic E-state index is 14.5. The number of sulfonamides is 1. The van der Waals surface area contributed by atoms with Crippen molar-refractivity contribution in [2.45, 2.75) is 39.2 Å². The zero-order valence-corrected chi connectivity index (χ0v) is 20.3. The summed E-state index contributed by atoms with van der Waals surface area (Å²) in [4.78, 5) is 31.2. The minimum Gasteiger partial charge on any atom is -0.351 e. The number of benzene rings is 1. The van der Waals surface area contributed by atoms with Gasteiger partial charge in [-0.2, -0.15) is 0 Å². The van der Waals surface area contributed by atoms with Crippen LogP contribution in [0, 0.1) is 17.6 Å². The Kier molecular flexibility index (Phi) is 6.35. The number of anilines is 1. The van der Waals surface area contributed by atoms with Crippen LogP contribution >= 0.6 is 0 Å². The molecule has 1 aliphatic carbocycles. The lowest BCUT2D eigenvalue weighted by atomic mass is 9.97. The highest BCUT2D eigenvalue weighted by Gasteiger charge is 2.39. The number of carbonyl (C=O) groups excluding carboxylic acids is 2. The van der Waals surface area contributed by atoms with Gasteiger partial charge >= 0.3 is 0 Å². The number of nitrogens with zero attached hydrogens (tertiary/aromatic N) is 2. The van der Waals surface area contributed by atoms with Crippen LogP contribution in [0.3, 0.4) is 0 Å². The zero-order valence-electron chi connectivity index (χ0n) is 19.5. The van der Waals surface area contributed by atoms with E-state index in [2.05, 4.69) is 4.98 Å². The van der Waals surface area contributed by atoms with Crippen LogP contribution in [0.25, 0.3) is 11.3 Å². The Balaban J connectivity index is 1.80. The zero-order chi connectivity index (χ0) is 25.5. The molecule has 184 valence electrons. The number of nitrogens with one attached hydrogen (secondary N) is 1. The number of pyridine rings is 1. The number of amides is 1. The summed E-state index contributed by atoms with van der Waals surface area (Å²) in [6.45, 7) is 6.49. The topological polar surface area (TPSA) is 96.4 Å². The summed E-state index contributed by atoms with van der Waals surface area (Å²) in [6.07, 6.45) is 4.79. The van der Waals surface area contributed by atoms with Crippen LogP contribution in [0.5, 0.6) is 0 Å². The first-order chi connectivity index (χ1) is 16.4. The van der Waals surface area contributed by atoms with Gasteiger partial charge in [-0.25, -0.2) is 26.9 Å². The third-order valence-electron chi connectivity index (χ3n) is 6.13. The summed E-state index contributed by atoms with van der Waals surface area (Å²) in [5, 5.41) is 0. The van der Waals surface area contributed by atoms with Crippen LogP contribution in [-0.4, -0.2) is 37.2 Å². The molecule has 1 atom stereocenters. The fraction of sp³-hybridized carbons (Fsp3) is 0.320. The van der Waals surface area contributed by atoms with Gasteiger partial charge < -0.3 is 4.90 Å². The number of halogens is 2. The van der Waals surface area contributed by atoms with Gasteiger partial charge in [0.15, 0.2) is 5.78 Å². The summed E-state index contributed by atoms with van der Waals surface area (Å²) in [5.74, 6) is -2.54. The standard InChI is InChI=1S/C25H25F2N3O4S/c1-15-13-25(2,3)30(14-15)23-17(9-11-20(28-23)18-12-16(26)8-10-19(18)27)24(32)29-35(33,34)22-7-5-4-6-21(22)31/h4-5,7-12,15H,6,13-14H2,1-3H3,(H,29,32)/t15-/m0/s1. The molecule has 35 heavy (non-hydrogen) atoms. The van der Waals surface area contributed by atoms with Crippen molar-refractivity contribution in [1.82, 2.24) is 9.71 Å². The molecule has 1 aromatic heterocycles. The molecule has 0 bridgehead atoms. The first kappa shape index (κ1) is 24.7. The number of carbonyl (C=O) groups is 2. The Morgan fingerprint density at radius 2 is 1.94 bits per heavy atom. The van der Waals surface area contributed by atoms with Gasteiger partial charge in [-0.15, -0.1) is 0 Å². The van der Waals surface area contributed by atoms with Crippen molar-refractivity contribution in [2.75, 3.05) is 11.4 Å². The van der Waals surface area contributed by atoms with Gasteiger partial charge in [0.1, 0.15) is 22.4 Å². The predicted molar refractivity (Wildman–Crippen MR) is 128 cm³/mol. The van der Waals surface area contributed by atoms with Crippen molar-refractivity contribution in [3.63, 3.8) is 0 Å². The van der Waals surface area contributed by atoms with Crippen LogP contribution in [0.2, 0.25) is 0 Å². The molecule has 0 saturated carbocycles. The minimum absolute atomic E-state index is 0.0595. The Hall–Kier alpha value is -3.40. The number of allylic oxidation sites excluding steroid dienone is 4. The molecule has 0 radical (unpaired) electrons. The molecular formula is C25H25F2N3O4S. The van der Waals surface area contributed by atoms with E-state index in [-0.39, 0.29) is 35.0 Å². The van der Waals surface area contributed by atoms with E-state index in [1.54, 1.807) is 0 Å². The quantitative estimate of drug-likeness (QED) is 0.662. The summed E-state index contributed by atoms with van der Waals surface area (Å²) in [5.41, 5.74) is -0.482. The molecule has 0 unspecified atom stereocenters. The fourth-order valence-corrected chi connectivity index (χ4v) is 5.73. The molecule has 1 fully saturated rings. The SMILES string of the molecule is C[C@@H]1CN(c2nc(-c3cc(F)ccc3F)ccc2C(=O)NS(=O)(=O)C2=CC=CCC2=O)C(C)(C)C1. The first-order valence-corrected chi connectivity index (χ1v) is 12.6. The van der Waals surface area contributed by atoms with Gasteiger partial charge in [-0.3, -0.25) is 9.59 Å². The van der Waals surface area contributed by atoms with E-state index >= 15 is 0 Å². The molecule has 0 spiro atoms. The highest BCUT2D eigenvalue weighted by Crippen LogP contribution is 2.38. The van der Waals surface area contributed by atoms with Crippen molar-refractivity contribution in [3.05, 3.63) is 70.7 Å². The van der Waals surface area contributed by atoms with Gasteiger partial charge in [-0.1, -0.05) is 19.1 Å². The Morgan fingerprint density at radius 3 is 2.60 bits per heavy atom. The Labute approximate surface area is 202 Å². The third-order valence-corrected chi connectivity index (χ3v) is 7.53. The number of rotatable bonds is 5. The summed E-state index contributed by atoms with van der Waals surface area (Å²) >= 11 is 0. The van der Waals surface area contributed by atoms with Gasteiger partial charge in [0.2, 0.25) is 0 Å². The predicted octanol–water partition coefficient (Wildman–Crippen LogP) is 4.12. The molecule has 1 aromatic carbocycles. The molecule has 1 aliphatic heterocycles. The number of Topliss-reactive ketones (excluding diaryl/α,β-unsaturated/α-hetero) is 1. The average molecular weight is 502 g/mol. The molecule has 2 heterocycles. The second-order valence-electron chi connectivity index (χ2n) is 9.45. The van der Waals surface area contributed by atoms with Crippen molar-refractivity contribution in [3.8, 4) is 11.3 Å². The molecule has 1 N–H and O–H groups in total. The van der Waals surface area contributed by atoms with Crippen molar-refractivity contribution < 1.29 is 26.8 Å². The van der Waals surface area contributed by atoms with E-state index < -0.39 is 43.8 Å². The monoisotopic (exact) mass is 501 g/mol. The van der Waals surface area contributed by atoms with Crippen molar-refractivity contribution >= 4 is 27.5 Å². The van der Waals surface area contributed by atoms with Gasteiger partial charge in [-0.05, 0) is 62.6 Å². The van der Waals surface area contributed by atoms with Crippen molar-refractivity contribution in [1.29, 1.82) is 0 Å². The normalized spacial score (nSPS) is 19.6. The largest absolute Gasteiger partial charge is 0.351 e. The van der Waals surface area contributed by atoms with Gasteiger partial charge in [0.05, 0.1) is 11.3 Å². The van der Waals surface area contributed by atoms with Crippen LogP contribution in [0.1, 0.15) is 44.0 Å². The van der Waals surface area contributed by atoms with E-state index in [1.165, 1.54) is 24.3 Å². The van der Waals surface area contributed by atoms with Gasteiger partial charge in [0.25, 0.3) is 15.9 Å². The number of aromatic nitrogens is 1. The minimum atomic E-state index is -4.43. The Morgan fingerprint density at radius 1 is 1.20 bits per heavy atom. The van der Waals surface area contributed by atoms with Crippen LogP contribution in [0.4, 0.5) is 14.6 Å². The molecular weight excluding hydrogens is 476 g/mol. The van der Waals surface area contributed by atoms with E-state index in [0.717, 1.165) is 30.7 Å². The summed E-state index contributed by atoms with van der Waals surface area (Å²) in [6, 6.07) is 5.67. The highest BCUT2D eigenvalue weighted by atomic mass is 32.2. The fourth-order valence-electron chi connectivity index (χ4n) is 4.63. The first-order valence-electron chi connectivity index (χ1n) is 11.1. The molecule has 2 aromatic rings. The number of hydrogen-bond acceptors (Lipinski definition) is 6. The smallest absolute Gasteiger partial charge is 0.268 e. The number of hydrogen-bond donors (Lipinski definition) is 1. The van der Waals surface area contributed by atoms with E-state index in [9.17, 15) is 26.8 Å². The van der Waals surface area contributed by atoms with E-state index in [1.807, 2.05) is 30.4 Å². The molecule has 4 rings (SSSR count). The molecule has 1 amide bonds. The van der Waals surface area contributed by atoms with E-state index in [4.69, 9.17) is 0 Å². The lowest BCUT2D eigenvalue weighted by Crippen LogP contribution is -2.41. The van der Waals surface area contributed by atoms with Crippen LogP contribution in [-0.2, 0) is 14.8 Å². The van der Waals surface area contributed by atoms with Crippen molar-refractivity contribution in [2.24, 2.45) is 5.92 Å². The highest BCUT2D eigenvalue weighted by molar-refractivity contribution is 7.95. The van der Waals surface area contributed by atoms with Gasteiger partial charge in [0, 0.05) is 24.1 Å².